The number of isothiocyanates is 1. The minimum atomic E-state index is -3.47. The summed E-state index contributed by atoms with van der Waals surface area (Å²) >= 11 is 7.97. The van der Waals surface area contributed by atoms with Crippen LogP contribution in [0.3, 0.4) is 0 Å². The van der Waals surface area contributed by atoms with E-state index >= 15 is 0 Å². The van der Waals surface area contributed by atoms with Gasteiger partial charge in [0, 0.05) is 18.7 Å². The Labute approximate surface area is 120 Å². The molecule has 1 atom stereocenters. The van der Waals surface area contributed by atoms with Gasteiger partial charge < -0.3 is 9.05 Å². The van der Waals surface area contributed by atoms with Crippen molar-refractivity contribution in [3.8, 4) is 0 Å². The molecule has 1 aromatic carbocycles. The lowest BCUT2D eigenvalue weighted by Crippen LogP contribution is -2.21. The maximum absolute atomic E-state index is 12.6. The summed E-state index contributed by atoms with van der Waals surface area (Å²) in [4.78, 5) is 4.01. The van der Waals surface area contributed by atoms with Gasteiger partial charge in [-0.25, -0.2) is 4.99 Å². The van der Waals surface area contributed by atoms with Crippen LogP contribution in [0.1, 0.15) is 12.5 Å². The van der Waals surface area contributed by atoms with E-state index in [1.807, 2.05) is 12.1 Å². The third-order valence-corrected chi connectivity index (χ3v) is 5.67. The fourth-order valence-electron chi connectivity index (χ4n) is 1.57. The Morgan fingerprint density at radius 3 is 2.22 bits per heavy atom. The molecule has 18 heavy (non-hydrogen) atoms. The highest BCUT2D eigenvalue weighted by Crippen LogP contribution is 2.64. The van der Waals surface area contributed by atoms with E-state index in [1.165, 1.54) is 14.2 Å². The van der Waals surface area contributed by atoms with E-state index in [-0.39, 0.29) is 0 Å². The Kier molecular flexibility index (Phi) is 5.41. The summed E-state index contributed by atoms with van der Waals surface area (Å²) in [6, 6.07) is 7.21. The number of benzene rings is 1. The molecule has 0 fully saturated rings. The lowest BCUT2D eigenvalue weighted by Gasteiger charge is -2.30. The summed E-state index contributed by atoms with van der Waals surface area (Å²) in [5, 5.41) is 1.05. The van der Waals surface area contributed by atoms with E-state index in [0.29, 0.717) is 5.56 Å². The molecule has 0 spiro atoms. The lowest BCUT2D eigenvalue weighted by molar-refractivity contribution is 0.249. The third-order valence-electron chi connectivity index (χ3n) is 2.67. The predicted octanol–water partition coefficient (Wildman–Crippen LogP) is 4.21. The minimum Gasteiger partial charge on any atom is -0.310 e. The van der Waals surface area contributed by atoms with E-state index in [4.69, 9.17) is 9.05 Å². The fourth-order valence-corrected chi connectivity index (χ4v) is 3.58. The standard InChI is InChI=1S/C11H13BrNO3PS/c1-11(13-8-18,17(14,15-2)16-3)9-4-6-10(12)7-5-9/h4-7H,1-3H3. The molecule has 0 saturated heterocycles. The van der Waals surface area contributed by atoms with Crippen molar-refractivity contribution in [3.63, 3.8) is 0 Å². The summed E-state index contributed by atoms with van der Waals surface area (Å²) in [5.74, 6) is 0. The van der Waals surface area contributed by atoms with Gasteiger partial charge in [-0.15, -0.1) is 0 Å². The molecule has 0 aliphatic heterocycles. The zero-order valence-corrected chi connectivity index (χ0v) is 13.5. The summed E-state index contributed by atoms with van der Waals surface area (Å²) in [5.41, 5.74) is 0.676. The van der Waals surface area contributed by atoms with Crippen LogP contribution < -0.4 is 0 Å². The van der Waals surface area contributed by atoms with Gasteiger partial charge in [0.2, 0.25) is 0 Å². The number of thiocarbonyl (C=S) groups is 1. The molecular weight excluding hydrogens is 337 g/mol. The monoisotopic (exact) mass is 349 g/mol. The van der Waals surface area contributed by atoms with Gasteiger partial charge in [0.15, 0.2) is 5.28 Å². The van der Waals surface area contributed by atoms with Crippen molar-refractivity contribution >= 4 is 40.9 Å². The molecule has 0 aliphatic rings. The molecule has 1 rings (SSSR count). The smallest absolute Gasteiger partial charge is 0.310 e. The highest BCUT2D eigenvalue weighted by atomic mass is 79.9. The fraction of sp³-hybridized carbons (Fsp3) is 0.364. The molecule has 0 aromatic heterocycles. The van der Waals surface area contributed by atoms with Crippen LogP contribution in [-0.2, 0) is 18.9 Å². The second kappa shape index (κ2) is 6.20. The average molecular weight is 350 g/mol. The van der Waals surface area contributed by atoms with Crippen LogP contribution in [-0.4, -0.2) is 19.4 Å². The number of nitrogens with zero attached hydrogens (tertiary/aromatic N) is 1. The summed E-state index contributed by atoms with van der Waals surface area (Å²) in [7, 11) is -0.828. The van der Waals surface area contributed by atoms with Gasteiger partial charge in [0.1, 0.15) is 0 Å². The summed E-state index contributed by atoms with van der Waals surface area (Å²) < 4.78 is 23.6. The van der Waals surface area contributed by atoms with Gasteiger partial charge in [0.05, 0.1) is 5.16 Å². The van der Waals surface area contributed by atoms with Gasteiger partial charge >= 0.3 is 7.60 Å². The molecule has 0 amide bonds. The quantitative estimate of drug-likeness (QED) is 0.453. The first-order valence-corrected chi connectivity index (χ1v) is 7.74. The molecule has 0 N–H and O–H groups in total. The van der Waals surface area contributed by atoms with Crippen LogP contribution in [0.4, 0.5) is 0 Å². The van der Waals surface area contributed by atoms with Gasteiger partial charge in [0.25, 0.3) is 0 Å². The van der Waals surface area contributed by atoms with Crippen molar-refractivity contribution in [1.29, 1.82) is 0 Å². The first-order chi connectivity index (χ1) is 8.43. The van der Waals surface area contributed by atoms with Crippen molar-refractivity contribution in [2.24, 2.45) is 4.99 Å². The van der Waals surface area contributed by atoms with Crippen LogP contribution in [0.5, 0.6) is 0 Å². The van der Waals surface area contributed by atoms with Crippen molar-refractivity contribution in [3.05, 3.63) is 34.3 Å². The van der Waals surface area contributed by atoms with E-state index in [2.05, 4.69) is 38.3 Å². The van der Waals surface area contributed by atoms with Gasteiger partial charge in [-0.3, -0.25) is 4.57 Å². The molecule has 1 unspecified atom stereocenters. The maximum Gasteiger partial charge on any atom is 0.362 e. The number of rotatable bonds is 5. The molecule has 0 aliphatic carbocycles. The lowest BCUT2D eigenvalue weighted by atomic mass is 10.1. The zero-order valence-electron chi connectivity index (χ0n) is 10.2. The van der Waals surface area contributed by atoms with Crippen molar-refractivity contribution in [1.82, 2.24) is 0 Å². The second-order valence-electron chi connectivity index (χ2n) is 3.59. The molecule has 98 valence electrons. The van der Waals surface area contributed by atoms with E-state index in [1.54, 1.807) is 19.1 Å². The Morgan fingerprint density at radius 1 is 1.33 bits per heavy atom. The molecule has 7 heteroatoms. The van der Waals surface area contributed by atoms with Crippen LogP contribution in [0.15, 0.2) is 33.7 Å². The number of halogens is 1. The van der Waals surface area contributed by atoms with Gasteiger partial charge in [-0.1, -0.05) is 28.1 Å². The van der Waals surface area contributed by atoms with Crippen LogP contribution in [0.25, 0.3) is 0 Å². The molecule has 0 radical (unpaired) electrons. The SMILES string of the molecule is COP(=O)(OC)C(C)(N=C=S)c1ccc(Br)cc1. The number of hydrogen-bond donors (Lipinski definition) is 0. The van der Waals surface area contributed by atoms with Crippen molar-refractivity contribution in [2.75, 3.05) is 14.2 Å². The summed E-state index contributed by atoms with van der Waals surface area (Å²) in [6.45, 7) is 1.64. The first kappa shape index (κ1) is 15.7. The van der Waals surface area contributed by atoms with Crippen LogP contribution in [0, 0.1) is 0 Å². The normalized spacial score (nSPS) is 14.7. The van der Waals surface area contributed by atoms with Crippen LogP contribution >= 0.6 is 35.7 Å². The zero-order chi connectivity index (χ0) is 13.8. The van der Waals surface area contributed by atoms with E-state index in [9.17, 15) is 4.57 Å². The van der Waals surface area contributed by atoms with Gasteiger partial charge in [-0.05, 0) is 36.8 Å². The van der Waals surface area contributed by atoms with Crippen LogP contribution in [0.2, 0.25) is 0 Å². The van der Waals surface area contributed by atoms with Crippen molar-refractivity contribution < 1.29 is 13.6 Å². The predicted molar refractivity (Wildman–Crippen MR) is 78.1 cm³/mol. The highest BCUT2D eigenvalue weighted by molar-refractivity contribution is 9.10. The Morgan fingerprint density at radius 2 is 1.83 bits per heavy atom. The average Bonchev–Trinajstić information content (AvgIpc) is 2.38. The molecular formula is C11H13BrNO3PS. The number of hydrogen-bond acceptors (Lipinski definition) is 5. The second-order valence-corrected chi connectivity index (χ2v) is 7.29. The molecule has 0 bridgehead atoms. The van der Waals surface area contributed by atoms with Gasteiger partial charge in [-0.2, -0.15) is 0 Å². The van der Waals surface area contributed by atoms with E-state index in [0.717, 1.165) is 4.47 Å². The summed E-state index contributed by atoms with van der Waals surface area (Å²) in [6.07, 6.45) is 0. The number of aliphatic imine (C=N–C) groups is 1. The Hall–Kier alpha value is -0.350. The molecule has 1 aromatic rings. The van der Waals surface area contributed by atoms with E-state index < -0.39 is 12.9 Å². The molecule has 0 saturated carbocycles. The Bertz CT molecular complexity index is 508. The minimum absolute atomic E-state index is 0.676. The first-order valence-electron chi connectivity index (χ1n) is 5.00. The highest BCUT2D eigenvalue weighted by Gasteiger charge is 2.48. The molecule has 4 nitrogen and oxygen atoms in total. The molecule has 0 heterocycles. The maximum atomic E-state index is 12.6. The van der Waals surface area contributed by atoms with Crippen molar-refractivity contribution in [2.45, 2.75) is 12.2 Å². The third kappa shape index (κ3) is 2.80. The Balaban J connectivity index is 3.45. The largest absolute Gasteiger partial charge is 0.362 e. The topological polar surface area (TPSA) is 47.9 Å².